The molecule has 1 saturated heterocycles. The summed E-state index contributed by atoms with van der Waals surface area (Å²) in [7, 11) is 0. The number of aromatic nitrogens is 5. The van der Waals surface area contributed by atoms with Crippen molar-refractivity contribution in [3.05, 3.63) is 60.3 Å². The number of piperidine rings is 1. The molecular formula is C22H21FN8O. The Labute approximate surface area is 182 Å². The van der Waals surface area contributed by atoms with Crippen LogP contribution in [0, 0.1) is 5.82 Å². The summed E-state index contributed by atoms with van der Waals surface area (Å²) in [6.07, 6.45) is 4.61. The minimum Gasteiger partial charge on any atom is -0.368 e. The normalized spacial score (nSPS) is 14.6. The summed E-state index contributed by atoms with van der Waals surface area (Å²) in [5.41, 5.74) is 8.87. The lowest BCUT2D eigenvalue weighted by atomic mass is 10.0. The number of nitrogen functional groups attached to an aromatic ring is 1. The van der Waals surface area contributed by atoms with Gasteiger partial charge in [-0.05, 0) is 37.1 Å². The first-order valence-electron chi connectivity index (χ1n) is 10.3. The highest BCUT2D eigenvalue weighted by atomic mass is 19.1. The van der Waals surface area contributed by atoms with Crippen LogP contribution in [0.2, 0.25) is 0 Å². The minimum atomic E-state index is -0.324. The number of hydrogen-bond donors (Lipinski definition) is 3. The van der Waals surface area contributed by atoms with E-state index < -0.39 is 0 Å². The van der Waals surface area contributed by atoms with E-state index in [1.54, 1.807) is 30.6 Å². The van der Waals surface area contributed by atoms with Crippen LogP contribution >= 0.6 is 0 Å². The molecule has 32 heavy (non-hydrogen) atoms. The molecule has 0 atom stereocenters. The van der Waals surface area contributed by atoms with Crippen LogP contribution in [0.15, 0.2) is 48.9 Å². The third-order valence-corrected chi connectivity index (χ3v) is 5.55. The molecule has 162 valence electrons. The van der Waals surface area contributed by atoms with Gasteiger partial charge in [-0.2, -0.15) is 9.97 Å². The fraction of sp³-hybridized carbons (Fsp3) is 0.227. The Hall–Kier alpha value is -4.08. The van der Waals surface area contributed by atoms with Gasteiger partial charge in [0.2, 0.25) is 5.95 Å². The van der Waals surface area contributed by atoms with Crippen molar-refractivity contribution in [1.29, 1.82) is 0 Å². The predicted octanol–water partition coefficient (Wildman–Crippen LogP) is 2.54. The number of imidazole rings is 1. The van der Waals surface area contributed by atoms with Gasteiger partial charge in [-0.3, -0.25) is 9.78 Å². The number of carbonyl (C=O) groups is 1. The summed E-state index contributed by atoms with van der Waals surface area (Å²) in [5, 5.41) is 3.07. The maximum absolute atomic E-state index is 13.4. The molecule has 4 N–H and O–H groups in total. The summed E-state index contributed by atoms with van der Waals surface area (Å²) >= 11 is 0. The van der Waals surface area contributed by atoms with Gasteiger partial charge in [-0.1, -0.05) is 12.1 Å². The molecule has 0 bridgehead atoms. The number of nitrogens with two attached hydrogens (primary N) is 1. The Balaban J connectivity index is 1.21. The van der Waals surface area contributed by atoms with Crippen LogP contribution in [0.25, 0.3) is 22.4 Å². The SMILES string of the molecule is Nc1nc(N2CCC(NC(=O)c3ccc(-c4cccc(F)c4)nc3)CC2)c2nc[nH]c2n1. The molecule has 1 aliphatic heterocycles. The summed E-state index contributed by atoms with van der Waals surface area (Å²) < 4.78 is 13.4. The molecule has 9 nitrogen and oxygen atoms in total. The topological polar surface area (TPSA) is 126 Å². The van der Waals surface area contributed by atoms with E-state index in [1.807, 2.05) is 0 Å². The van der Waals surface area contributed by atoms with Gasteiger partial charge in [0, 0.05) is 30.9 Å². The Morgan fingerprint density at radius 3 is 2.75 bits per heavy atom. The molecule has 0 saturated carbocycles. The minimum absolute atomic E-state index is 0.0375. The third-order valence-electron chi connectivity index (χ3n) is 5.55. The number of hydrogen-bond acceptors (Lipinski definition) is 7. The van der Waals surface area contributed by atoms with Crippen molar-refractivity contribution < 1.29 is 9.18 Å². The fourth-order valence-corrected chi connectivity index (χ4v) is 3.91. The number of rotatable bonds is 4. The number of benzene rings is 1. The number of anilines is 2. The van der Waals surface area contributed by atoms with Crippen LogP contribution in [0.1, 0.15) is 23.2 Å². The average molecular weight is 432 g/mol. The lowest BCUT2D eigenvalue weighted by molar-refractivity contribution is 0.0930. The molecule has 4 aromatic rings. The van der Waals surface area contributed by atoms with Gasteiger partial charge in [0.25, 0.3) is 5.91 Å². The molecule has 0 aliphatic carbocycles. The number of H-pyrrole nitrogens is 1. The Morgan fingerprint density at radius 1 is 1.16 bits per heavy atom. The van der Waals surface area contributed by atoms with E-state index in [0.717, 1.165) is 12.8 Å². The first kappa shape index (κ1) is 19.9. The number of nitrogens with zero attached hydrogens (tertiary/aromatic N) is 5. The van der Waals surface area contributed by atoms with Crippen molar-refractivity contribution in [2.75, 3.05) is 23.7 Å². The summed E-state index contributed by atoms with van der Waals surface area (Å²) in [4.78, 5) is 34.9. The number of aromatic amines is 1. The number of carbonyl (C=O) groups excluding carboxylic acids is 1. The van der Waals surface area contributed by atoms with Gasteiger partial charge in [0.1, 0.15) is 5.82 Å². The van der Waals surface area contributed by atoms with Gasteiger partial charge >= 0.3 is 0 Å². The van der Waals surface area contributed by atoms with Crippen molar-refractivity contribution in [3.8, 4) is 11.3 Å². The summed E-state index contributed by atoms with van der Waals surface area (Å²) in [5.74, 6) is 0.398. The molecule has 1 amide bonds. The Kier molecular flexibility index (Phi) is 5.10. The molecule has 0 unspecified atom stereocenters. The standard InChI is InChI=1S/C22H21FN8O/c23-15-3-1-2-13(10-15)17-5-4-14(11-25-17)21(32)28-16-6-8-31(9-7-16)20-18-19(27-12-26-18)29-22(24)30-20/h1-5,10-12,16H,6-9H2,(H,28,32)(H3,24,26,27,29,30). The highest BCUT2D eigenvalue weighted by Gasteiger charge is 2.24. The molecular weight excluding hydrogens is 411 g/mol. The van der Waals surface area contributed by atoms with Gasteiger partial charge in [-0.15, -0.1) is 0 Å². The van der Waals surface area contributed by atoms with Crippen LogP contribution in [-0.4, -0.2) is 50.0 Å². The van der Waals surface area contributed by atoms with E-state index in [0.29, 0.717) is 46.9 Å². The van der Waals surface area contributed by atoms with Crippen LogP contribution < -0.4 is 16.0 Å². The highest BCUT2D eigenvalue weighted by Crippen LogP contribution is 2.25. The number of nitrogens with one attached hydrogen (secondary N) is 2. The van der Waals surface area contributed by atoms with E-state index in [9.17, 15) is 9.18 Å². The quantitative estimate of drug-likeness (QED) is 0.452. The molecule has 0 spiro atoms. The summed E-state index contributed by atoms with van der Waals surface area (Å²) in [6, 6.07) is 9.67. The first-order valence-corrected chi connectivity index (χ1v) is 10.3. The molecule has 10 heteroatoms. The molecule has 3 aromatic heterocycles. The predicted molar refractivity (Wildman–Crippen MR) is 118 cm³/mol. The van der Waals surface area contributed by atoms with Crippen molar-refractivity contribution in [2.24, 2.45) is 0 Å². The average Bonchev–Trinajstić information content (AvgIpc) is 3.27. The second-order valence-electron chi connectivity index (χ2n) is 7.68. The zero-order valence-corrected chi connectivity index (χ0v) is 17.1. The van der Waals surface area contributed by atoms with Crippen molar-refractivity contribution in [3.63, 3.8) is 0 Å². The number of fused-ring (bicyclic) bond motifs is 1. The fourth-order valence-electron chi connectivity index (χ4n) is 3.91. The highest BCUT2D eigenvalue weighted by molar-refractivity contribution is 5.94. The van der Waals surface area contributed by atoms with Crippen LogP contribution in [0.3, 0.4) is 0 Å². The first-order chi connectivity index (χ1) is 15.6. The monoisotopic (exact) mass is 432 g/mol. The Bertz CT molecular complexity index is 1260. The summed E-state index contributed by atoms with van der Waals surface area (Å²) in [6.45, 7) is 1.42. The van der Waals surface area contributed by atoms with Crippen molar-refractivity contribution in [2.45, 2.75) is 18.9 Å². The van der Waals surface area contributed by atoms with Crippen molar-refractivity contribution in [1.82, 2.24) is 30.2 Å². The zero-order valence-electron chi connectivity index (χ0n) is 17.1. The third kappa shape index (κ3) is 3.94. The largest absolute Gasteiger partial charge is 0.368 e. The van der Waals surface area contributed by atoms with Gasteiger partial charge in [0.05, 0.1) is 17.6 Å². The lowest BCUT2D eigenvalue weighted by Gasteiger charge is -2.33. The van der Waals surface area contributed by atoms with E-state index in [2.05, 4.69) is 35.1 Å². The zero-order chi connectivity index (χ0) is 22.1. The maximum atomic E-state index is 13.4. The molecule has 1 fully saturated rings. The van der Waals surface area contributed by atoms with E-state index >= 15 is 0 Å². The van der Waals surface area contributed by atoms with Gasteiger partial charge in [-0.25, -0.2) is 9.37 Å². The molecule has 1 aliphatic rings. The van der Waals surface area contributed by atoms with Crippen LogP contribution in [-0.2, 0) is 0 Å². The van der Waals surface area contributed by atoms with Gasteiger partial charge in [0.15, 0.2) is 17.0 Å². The molecule has 0 radical (unpaired) electrons. The number of pyridine rings is 1. The number of halogens is 1. The molecule has 1 aromatic carbocycles. The van der Waals surface area contributed by atoms with E-state index in [-0.39, 0.29) is 23.7 Å². The Morgan fingerprint density at radius 2 is 2.00 bits per heavy atom. The maximum Gasteiger partial charge on any atom is 0.253 e. The molecule has 4 heterocycles. The van der Waals surface area contributed by atoms with E-state index in [1.165, 1.54) is 18.3 Å². The van der Waals surface area contributed by atoms with Gasteiger partial charge < -0.3 is 20.9 Å². The second kappa shape index (κ2) is 8.22. The van der Waals surface area contributed by atoms with Crippen molar-refractivity contribution >= 4 is 28.8 Å². The lowest BCUT2D eigenvalue weighted by Crippen LogP contribution is -2.45. The number of amides is 1. The smallest absolute Gasteiger partial charge is 0.253 e. The second-order valence-corrected chi connectivity index (χ2v) is 7.68. The molecule has 5 rings (SSSR count). The van der Waals surface area contributed by atoms with E-state index in [4.69, 9.17) is 5.73 Å². The van der Waals surface area contributed by atoms with Crippen LogP contribution in [0.4, 0.5) is 16.2 Å². The van der Waals surface area contributed by atoms with Crippen LogP contribution in [0.5, 0.6) is 0 Å².